The third-order valence-electron chi connectivity index (χ3n) is 0. The zero-order chi connectivity index (χ0) is 4.50. The fourth-order valence-corrected chi connectivity index (χ4v) is 0. The van der Waals surface area contributed by atoms with Crippen LogP contribution in [0.15, 0.2) is 0 Å². The van der Waals surface area contributed by atoms with Crippen LogP contribution < -0.4 is 0 Å². The molecule has 0 aliphatic rings. The Labute approximate surface area is 35.6 Å². The summed E-state index contributed by atoms with van der Waals surface area (Å²) >= 11 is 0. The van der Waals surface area contributed by atoms with Crippen LogP contribution in [0, 0.1) is 0 Å². The Balaban J connectivity index is 0. The topological polar surface area (TPSA) is 0 Å². The summed E-state index contributed by atoms with van der Waals surface area (Å²) in [6.07, 6.45) is 0. The highest BCUT2D eigenvalue weighted by atomic mass is 31.0. The van der Waals surface area contributed by atoms with E-state index in [1.54, 1.807) is 0 Å². The van der Waals surface area contributed by atoms with Gasteiger partial charge in [0.05, 0.1) is 0 Å². The molecule has 0 amide bonds. The molecular weight excluding hydrogens is 118 g/mol. The van der Waals surface area contributed by atoms with E-state index in [0.29, 0.717) is 0 Å². The third kappa shape index (κ3) is 943. The van der Waals surface area contributed by atoms with Gasteiger partial charge in [0.1, 0.15) is 0 Å². The molecule has 0 aliphatic carbocycles. The first kappa shape index (κ1) is 9.51. The predicted octanol–water partition coefficient (Wildman–Crippen LogP) is 1.09. The number of hydrogen-bond acceptors (Lipinski definition) is 0. The molecule has 0 saturated heterocycles. The molecule has 0 aliphatic heterocycles. The first-order valence-corrected chi connectivity index (χ1v) is 0.873. The predicted molar refractivity (Wildman–Crippen MR) is 22.7 cm³/mol. The number of rotatable bonds is 0. The lowest BCUT2D eigenvalue weighted by molar-refractivity contribution is 0.368. The Morgan fingerprint density at radius 1 is 0.833 bits per heavy atom. The molecular formula is H4BF4P. The minimum absolute atomic E-state index is 0. The lowest BCUT2D eigenvalue weighted by Gasteiger charge is -1.94. The van der Waals surface area contributed by atoms with Crippen molar-refractivity contribution in [2.24, 2.45) is 0 Å². The van der Waals surface area contributed by atoms with Crippen molar-refractivity contribution in [2.45, 2.75) is 0 Å². The van der Waals surface area contributed by atoms with Crippen LogP contribution in [-0.2, 0) is 0 Å². The molecule has 0 aromatic carbocycles. The SMILES string of the molecule is F[B-](F)(F)F.[PH4+]. The molecule has 6 heavy (non-hydrogen) atoms. The van der Waals surface area contributed by atoms with E-state index in [2.05, 4.69) is 0 Å². The maximum absolute atomic E-state index is 9.75. The van der Waals surface area contributed by atoms with Crippen LogP contribution in [0.5, 0.6) is 0 Å². The van der Waals surface area contributed by atoms with Gasteiger partial charge >= 0.3 is 7.25 Å². The first-order valence-electron chi connectivity index (χ1n) is 0.873. The van der Waals surface area contributed by atoms with Crippen molar-refractivity contribution in [3.63, 3.8) is 0 Å². The molecule has 40 valence electrons. The van der Waals surface area contributed by atoms with Crippen LogP contribution in [0.3, 0.4) is 0 Å². The second-order valence-electron chi connectivity index (χ2n) is 0.495. The van der Waals surface area contributed by atoms with Crippen molar-refractivity contribution in [1.29, 1.82) is 0 Å². The van der Waals surface area contributed by atoms with Crippen molar-refractivity contribution in [2.75, 3.05) is 0 Å². The van der Waals surface area contributed by atoms with E-state index in [0.717, 1.165) is 0 Å². The molecule has 0 N–H and O–H groups in total. The number of hydrogen-bond donors (Lipinski definition) is 0. The van der Waals surface area contributed by atoms with Gasteiger partial charge in [-0.1, -0.05) is 0 Å². The van der Waals surface area contributed by atoms with Gasteiger partial charge in [0.2, 0.25) is 0 Å². The van der Waals surface area contributed by atoms with Gasteiger partial charge in [0.15, 0.2) is 0 Å². The van der Waals surface area contributed by atoms with Crippen LogP contribution in [0.25, 0.3) is 0 Å². The summed E-state index contributed by atoms with van der Waals surface area (Å²) in [4.78, 5) is 0. The normalized spacial score (nSPS) is 10.0. The zero-order valence-electron chi connectivity index (χ0n) is 3.09. The highest BCUT2D eigenvalue weighted by molar-refractivity contribution is 6.92. The summed E-state index contributed by atoms with van der Waals surface area (Å²) in [5.41, 5.74) is 0. The summed E-state index contributed by atoms with van der Waals surface area (Å²) in [6, 6.07) is 0. The van der Waals surface area contributed by atoms with Crippen LogP contribution in [0.2, 0.25) is 0 Å². The quantitative estimate of drug-likeness (QED) is 0.256. The van der Waals surface area contributed by atoms with E-state index < -0.39 is 7.25 Å². The maximum Gasteiger partial charge on any atom is 0.673 e. The van der Waals surface area contributed by atoms with Crippen LogP contribution >= 0.6 is 9.90 Å². The van der Waals surface area contributed by atoms with Crippen molar-refractivity contribution in [3.05, 3.63) is 0 Å². The summed E-state index contributed by atoms with van der Waals surface area (Å²) < 4.78 is 39.0. The average Bonchev–Trinajstić information content (AvgIpc) is 0.722. The van der Waals surface area contributed by atoms with E-state index >= 15 is 0 Å². The van der Waals surface area contributed by atoms with E-state index in [1.807, 2.05) is 0 Å². The third-order valence-corrected chi connectivity index (χ3v) is 0. The van der Waals surface area contributed by atoms with Gasteiger partial charge in [-0.2, -0.15) is 0 Å². The van der Waals surface area contributed by atoms with Gasteiger partial charge in [-0.05, 0) is 9.90 Å². The minimum atomic E-state index is -6.00. The monoisotopic (exact) mass is 122 g/mol. The molecule has 0 nitrogen and oxygen atoms in total. The molecule has 0 rings (SSSR count). The Morgan fingerprint density at radius 3 is 0.833 bits per heavy atom. The molecule has 1 atom stereocenters. The van der Waals surface area contributed by atoms with E-state index in [9.17, 15) is 17.3 Å². The molecule has 0 spiro atoms. The Kier molecular flexibility index (Phi) is 3.80. The molecule has 0 fully saturated rings. The van der Waals surface area contributed by atoms with E-state index in [4.69, 9.17) is 0 Å². The standard InChI is InChI=1S/BF4.H3P/c2-1(3,4)5;/h;1H3/q-1;/p+1. The molecule has 1 unspecified atom stereocenters. The van der Waals surface area contributed by atoms with Gasteiger partial charge in [0.25, 0.3) is 0 Å². The lowest BCUT2D eigenvalue weighted by Crippen LogP contribution is -2.02. The molecule has 6 heteroatoms. The van der Waals surface area contributed by atoms with Crippen molar-refractivity contribution < 1.29 is 17.3 Å². The molecule has 0 heterocycles. The van der Waals surface area contributed by atoms with E-state index in [1.165, 1.54) is 0 Å². The van der Waals surface area contributed by atoms with Gasteiger partial charge in [-0.25, -0.2) is 0 Å². The van der Waals surface area contributed by atoms with Gasteiger partial charge < -0.3 is 17.3 Å². The van der Waals surface area contributed by atoms with Crippen LogP contribution in [0.1, 0.15) is 0 Å². The summed E-state index contributed by atoms with van der Waals surface area (Å²) in [6.45, 7) is 0. The minimum Gasteiger partial charge on any atom is -0.418 e. The smallest absolute Gasteiger partial charge is 0.418 e. The average molecular weight is 122 g/mol. The summed E-state index contributed by atoms with van der Waals surface area (Å²) in [7, 11) is -6.00. The van der Waals surface area contributed by atoms with Crippen molar-refractivity contribution >= 4 is 17.2 Å². The van der Waals surface area contributed by atoms with Crippen molar-refractivity contribution in [3.8, 4) is 0 Å². The maximum atomic E-state index is 9.75. The van der Waals surface area contributed by atoms with Crippen molar-refractivity contribution in [1.82, 2.24) is 0 Å². The number of halogens is 4. The van der Waals surface area contributed by atoms with Gasteiger partial charge in [0, 0.05) is 0 Å². The van der Waals surface area contributed by atoms with Crippen LogP contribution in [0.4, 0.5) is 17.3 Å². The fourth-order valence-electron chi connectivity index (χ4n) is 0. The summed E-state index contributed by atoms with van der Waals surface area (Å²) in [5.74, 6) is 0. The molecule has 0 saturated carbocycles. The highest BCUT2D eigenvalue weighted by Crippen LogP contribution is 2.06. The molecule has 0 aromatic rings. The molecule has 0 aromatic heterocycles. The largest absolute Gasteiger partial charge is 0.673 e. The lowest BCUT2D eigenvalue weighted by atomic mass is 10.3. The Hall–Kier alpha value is 0.215. The zero-order valence-corrected chi connectivity index (χ0v) is 5.09. The second kappa shape index (κ2) is 2.40. The highest BCUT2D eigenvalue weighted by Gasteiger charge is 2.20. The van der Waals surface area contributed by atoms with E-state index in [-0.39, 0.29) is 9.90 Å². The molecule has 0 radical (unpaired) electrons. The Bertz CT molecular complexity index is 23.0. The fraction of sp³-hybridized carbons (Fsp3) is 0. The Morgan fingerprint density at radius 2 is 0.833 bits per heavy atom. The summed E-state index contributed by atoms with van der Waals surface area (Å²) in [5, 5.41) is 0. The van der Waals surface area contributed by atoms with Gasteiger partial charge in [-0.3, -0.25) is 0 Å². The second-order valence-corrected chi connectivity index (χ2v) is 0.495. The van der Waals surface area contributed by atoms with Gasteiger partial charge in [-0.15, -0.1) is 0 Å². The van der Waals surface area contributed by atoms with Crippen LogP contribution in [-0.4, -0.2) is 7.25 Å². The first-order chi connectivity index (χ1) is 2.00. The molecule has 0 bridgehead atoms.